The third-order valence-electron chi connectivity index (χ3n) is 4.68. The minimum atomic E-state index is -0.975. The quantitative estimate of drug-likeness (QED) is 0.393. The van der Waals surface area contributed by atoms with Gasteiger partial charge in [0.25, 0.3) is 0 Å². The summed E-state index contributed by atoms with van der Waals surface area (Å²) < 4.78 is 21.9. The number of methoxy groups -OCH3 is 1. The minimum absolute atomic E-state index is 0.130. The summed E-state index contributed by atoms with van der Waals surface area (Å²) in [6.45, 7) is 13.7. The van der Waals surface area contributed by atoms with E-state index in [0.717, 1.165) is 18.4 Å². The smallest absolute Gasteiger partial charge is 0.332 e. The lowest BCUT2D eigenvalue weighted by atomic mass is 9.92. The molecule has 1 heterocycles. The normalized spacial score (nSPS) is 29.8. The molecule has 6 nitrogen and oxygen atoms in total. The summed E-state index contributed by atoms with van der Waals surface area (Å²) in [5.74, 6) is -0.187. The van der Waals surface area contributed by atoms with Crippen LogP contribution < -0.4 is 0 Å². The van der Waals surface area contributed by atoms with Crippen molar-refractivity contribution in [2.45, 2.75) is 63.4 Å². The van der Waals surface area contributed by atoms with Crippen LogP contribution in [-0.4, -0.2) is 56.0 Å². The van der Waals surface area contributed by atoms with E-state index < -0.39 is 18.2 Å². The Morgan fingerprint density at radius 3 is 2.79 bits per heavy atom. The van der Waals surface area contributed by atoms with Crippen LogP contribution in [0.1, 0.15) is 39.0 Å². The van der Waals surface area contributed by atoms with Crippen LogP contribution in [0.15, 0.2) is 49.6 Å². The largest absolute Gasteiger partial charge is 0.457 e. The highest BCUT2D eigenvalue weighted by molar-refractivity contribution is 5.71. The molecule has 0 bridgehead atoms. The van der Waals surface area contributed by atoms with Crippen molar-refractivity contribution in [2.75, 3.05) is 20.5 Å². The van der Waals surface area contributed by atoms with Crippen LogP contribution in [-0.2, 0) is 23.7 Å². The van der Waals surface area contributed by atoms with Crippen LogP contribution in [0.5, 0.6) is 0 Å². The molecule has 0 radical (unpaired) electrons. The molecule has 0 aliphatic carbocycles. The van der Waals surface area contributed by atoms with Crippen molar-refractivity contribution in [3.63, 3.8) is 0 Å². The second-order valence-corrected chi connectivity index (χ2v) is 7.49. The maximum atomic E-state index is 12.2. The zero-order valence-corrected chi connectivity index (χ0v) is 17.8. The maximum absolute atomic E-state index is 12.2. The Labute approximate surface area is 174 Å². The topological polar surface area (TPSA) is 74.2 Å². The predicted molar refractivity (Wildman–Crippen MR) is 113 cm³/mol. The number of carbonyl (C=O) groups is 1. The first-order valence-electron chi connectivity index (χ1n) is 10.1. The highest BCUT2D eigenvalue weighted by atomic mass is 16.7. The van der Waals surface area contributed by atoms with E-state index in [1.165, 1.54) is 6.08 Å². The van der Waals surface area contributed by atoms with Gasteiger partial charge in [-0.2, -0.15) is 0 Å². The van der Waals surface area contributed by atoms with E-state index in [-0.39, 0.29) is 25.6 Å². The third-order valence-corrected chi connectivity index (χ3v) is 4.68. The van der Waals surface area contributed by atoms with Crippen LogP contribution in [0.3, 0.4) is 0 Å². The first-order chi connectivity index (χ1) is 13.9. The molecule has 4 unspecified atom stereocenters. The summed E-state index contributed by atoms with van der Waals surface area (Å²) in [5, 5.41) is 10.1. The molecular weight excluding hydrogens is 372 g/mol. The molecule has 1 aliphatic heterocycles. The lowest BCUT2D eigenvalue weighted by Gasteiger charge is -2.23. The standard InChI is InChI=1S/C23H36O6/c1-6-9-19-13-17(3)12-18(4)14-20(28-16-26-5)10-8-11-22(21(24)7-2)29-23(25)15-27-19/h6-8,10,17,19-22,24H,1-2,4,9,11-16H2,3,5H3/b10-8+/t17?,19-,20?,21?,22?/m0/s1. The van der Waals surface area contributed by atoms with E-state index in [1.807, 2.05) is 12.2 Å². The molecule has 1 rings (SSSR count). The second kappa shape index (κ2) is 14.3. The molecule has 0 saturated heterocycles. The fourth-order valence-corrected chi connectivity index (χ4v) is 3.31. The van der Waals surface area contributed by atoms with E-state index in [9.17, 15) is 9.90 Å². The summed E-state index contributed by atoms with van der Waals surface area (Å²) >= 11 is 0. The average molecular weight is 409 g/mol. The Hall–Kier alpha value is -1.73. The number of hydrogen-bond acceptors (Lipinski definition) is 6. The van der Waals surface area contributed by atoms with Crippen molar-refractivity contribution in [1.82, 2.24) is 0 Å². The van der Waals surface area contributed by atoms with Crippen LogP contribution in [0.2, 0.25) is 0 Å². The van der Waals surface area contributed by atoms with Crippen LogP contribution in [0, 0.1) is 5.92 Å². The number of rotatable bonds is 7. The predicted octanol–water partition coefficient (Wildman–Crippen LogP) is 3.72. The third kappa shape index (κ3) is 10.6. The molecule has 0 aromatic heterocycles. The molecule has 0 amide bonds. The Balaban J connectivity index is 2.99. The monoisotopic (exact) mass is 408 g/mol. The second-order valence-electron chi connectivity index (χ2n) is 7.49. The Morgan fingerprint density at radius 2 is 2.14 bits per heavy atom. The molecule has 1 N–H and O–H groups in total. The first-order valence-corrected chi connectivity index (χ1v) is 10.1. The number of hydrogen-bond donors (Lipinski definition) is 1. The Morgan fingerprint density at radius 1 is 1.38 bits per heavy atom. The Bertz CT molecular complexity index is 556. The number of esters is 1. The minimum Gasteiger partial charge on any atom is -0.457 e. The Kier molecular flexibility index (Phi) is 12.5. The number of aliphatic hydroxyl groups excluding tert-OH is 1. The summed E-state index contributed by atoms with van der Waals surface area (Å²) in [6.07, 6.45) is 8.04. The molecule has 0 fully saturated rings. The van der Waals surface area contributed by atoms with Crippen molar-refractivity contribution >= 4 is 5.97 Å². The van der Waals surface area contributed by atoms with Gasteiger partial charge in [-0.1, -0.05) is 43.4 Å². The van der Waals surface area contributed by atoms with Crippen LogP contribution in [0.25, 0.3) is 0 Å². The van der Waals surface area contributed by atoms with E-state index in [0.29, 0.717) is 25.2 Å². The summed E-state index contributed by atoms with van der Waals surface area (Å²) in [4.78, 5) is 12.2. The molecule has 1 aliphatic rings. The van der Waals surface area contributed by atoms with Gasteiger partial charge < -0.3 is 24.1 Å². The van der Waals surface area contributed by atoms with Gasteiger partial charge >= 0.3 is 5.97 Å². The fourth-order valence-electron chi connectivity index (χ4n) is 3.31. The molecule has 0 aromatic rings. The van der Waals surface area contributed by atoms with E-state index in [4.69, 9.17) is 18.9 Å². The van der Waals surface area contributed by atoms with Gasteiger partial charge in [-0.3, -0.25) is 0 Å². The molecule has 0 aromatic carbocycles. The highest BCUT2D eigenvalue weighted by Gasteiger charge is 2.22. The van der Waals surface area contributed by atoms with Gasteiger partial charge in [0.05, 0.1) is 12.2 Å². The zero-order chi connectivity index (χ0) is 21.6. The number of ether oxygens (including phenoxy) is 4. The molecule has 6 heteroatoms. The maximum Gasteiger partial charge on any atom is 0.332 e. The molecule has 0 saturated carbocycles. The van der Waals surface area contributed by atoms with Crippen molar-refractivity contribution in [3.05, 3.63) is 49.6 Å². The SMILES string of the molecule is C=CC[C@H]1CC(C)CC(=C)CC(OCOC)/C=C/CC(C(O)C=C)OC(=O)CO1. The molecule has 164 valence electrons. The summed E-state index contributed by atoms with van der Waals surface area (Å²) in [7, 11) is 1.57. The molecule has 5 atom stereocenters. The van der Waals surface area contributed by atoms with Crippen molar-refractivity contribution in [1.29, 1.82) is 0 Å². The summed E-state index contributed by atoms with van der Waals surface area (Å²) in [5.41, 5.74) is 1.07. The van der Waals surface area contributed by atoms with E-state index in [1.54, 1.807) is 13.2 Å². The molecule has 29 heavy (non-hydrogen) atoms. The molecule has 0 spiro atoms. The summed E-state index contributed by atoms with van der Waals surface area (Å²) in [6, 6.07) is 0. The van der Waals surface area contributed by atoms with Crippen molar-refractivity contribution in [2.24, 2.45) is 5.92 Å². The average Bonchev–Trinajstić information content (AvgIpc) is 2.68. The lowest BCUT2D eigenvalue weighted by molar-refractivity contribution is -0.160. The van der Waals surface area contributed by atoms with Gasteiger partial charge in [-0.15, -0.1) is 13.2 Å². The zero-order valence-electron chi connectivity index (χ0n) is 17.8. The van der Waals surface area contributed by atoms with Gasteiger partial charge in [0, 0.05) is 13.5 Å². The van der Waals surface area contributed by atoms with Crippen LogP contribution >= 0.6 is 0 Å². The van der Waals surface area contributed by atoms with Crippen LogP contribution in [0.4, 0.5) is 0 Å². The fraction of sp³-hybridized carbons (Fsp3) is 0.609. The first kappa shape index (κ1) is 25.3. The highest BCUT2D eigenvalue weighted by Crippen LogP contribution is 2.23. The number of cyclic esters (lactones) is 1. The van der Waals surface area contributed by atoms with Gasteiger partial charge in [0.2, 0.25) is 0 Å². The van der Waals surface area contributed by atoms with E-state index in [2.05, 4.69) is 26.7 Å². The lowest BCUT2D eigenvalue weighted by Crippen LogP contribution is -2.32. The van der Waals surface area contributed by atoms with Crippen molar-refractivity contribution in [3.8, 4) is 0 Å². The van der Waals surface area contributed by atoms with Gasteiger partial charge in [-0.05, 0) is 31.6 Å². The number of aliphatic hydroxyl groups is 1. The number of carbonyl (C=O) groups excluding carboxylic acids is 1. The van der Waals surface area contributed by atoms with Gasteiger partial charge in [-0.25, -0.2) is 4.79 Å². The van der Waals surface area contributed by atoms with Crippen molar-refractivity contribution < 1.29 is 28.8 Å². The van der Waals surface area contributed by atoms with Gasteiger partial charge in [0.1, 0.15) is 25.6 Å². The van der Waals surface area contributed by atoms with E-state index >= 15 is 0 Å². The van der Waals surface area contributed by atoms with Gasteiger partial charge in [0.15, 0.2) is 0 Å². The molecular formula is C23H36O6.